The van der Waals surface area contributed by atoms with Crippen LogP contribution in [0.5, 0.6) is 5.75 Å². The van der Waals surface area contributed by atoms with E-state index in [0.717, 1.165) is 6.07 Å². The fraction of sp³-hybridized carbons (Fsp3) is 0.300. The van der Waals surface area contributed by atoms with Crippen LogP contribution in [0, 0.1) is 5.82 Å². The molecule has 5 heteroatoms. The van der Waals surface area contributed by atoms with Crippen LogP contribution < -0.4 is 4.74 Å². The lowest BCUT2D eigenvalue weighted by atomic mass is 10.3. The van der Waals surface area contributed by atoms with Crippen LogP contribution in [0.3, 0.4) is 0 Å². The first-order chi connectivity index (χ1) is 6.91. The zero-order valence-electron chi connectivity index (χ0n) is 8.18. The van der Waals surface area contributed by atoms with Crippen LogP contribution in [0.4, 0.5) is 4.39 Å². The minimum atomic E-state index is -0.609. The van der Waals surface area contributed by atoms with E-state index in [-0.39, 0.29) is 16.6 Å². The molecule has 1 unspecified atom stereocenters. The van der Waals surface area contributed by atoms with Crippen molar-refractivity contribution in [3.63, 3.8) is 0 Å². The highest BCUT2D eigenvalue weighted by Crippen LogP contribution is 2.31. The number of carbonyl (C=O) groups is 1. The topological polar surface area (TPSA) is 26.3 Å². The number of benzene rings is 1. The Morgan fingerprint density at radius 3 is 2.73 bits per heavy atom. The predicted octanol–water partition coefficient (Wildman–Crippen LogP) is 3.60. The van der Waals surface area contributed by atoms with Crippen LogP contribution in [-0.4, -0.2) is 11.9 Å². The van der Waals surface area contributed by atoms with Gasteiger partial charge in [0.1, 0.15) is 11.6 Å². The van der Waals surface area contributed by atoms with Crippen LogP contribution in [-0.2, 0) is 4.79 Å². The van der Waals surface area contributed by atoms with Crippen molar-refractivity contribution in [3.8, 4) is 5.75 Å². The van der Waals surface area contributed by atoms with Gasteiger partial charge < -0.3 is 4.74 Å². The van der Waals surface area contributed by atoms with Gasteiger partial charge in [-0.05, 0) is 35.8 Å². The molecule has 0 spiro atoms. The second-order valence-electron chi connectivity index (χ2n) is 3.07. The summed E-state index contributed by atoms with van der Waals surface area (Å²) in [5.74, 6) is -0.442. The molecule has 0 heterocycles. The minimum absolute atomic E-state index is 0.00435. The van der Waals surface area contributed by atoms with Gasteiger partial charge in [0, 0.05) is 6.07 Å². The van der Waals surface area contributed by atoms with Gasteiger partial charge in [-0.3, -0.25) is 4.79 Å². The Bertz CT molecular complexity index is 395. The normalized spacial score (nSPS) is 12.3. The molecule has 0 bridgehead atoms. The molecule has 0 amide bonds. The maximum Gasteiger partial charge on any atom is 0.169 e. The van der Waals surface area contributed by atoms with Gasteiger partial charge in [0.25, 0.3) is 0 Å². The second-order valence-corrected chi connectivity index (χ2v) is 4.33. The molecule has 0 N–H and O–H groups in total. The number of carbonyl (C=O) groups excluding carboxylic acids is 1. The number of ether oxygens (including phenoxy) is 1. The first-order valence-corrected chi connectivity index (χ1v) is 5.40. The SMILES string of the molecule is CC(=O)C(C)Oc1cc(F)c(Cl)cc1Br. The minimum Gasteiger partial charge on any atom is -0.482 e. The molecule has 1 rings (SSSR count). The summed E-state index contributed by atoms with van der Waals surface area (Å²) in [6, 6.07) is 2.53. The fourth-order valence-electron chi connectivity index (χ4n) is 0.868. The number of Topliss-reactive ketones (excluding diaryl/α,β-unsaturated/α-hetero) is 1. The summed E-state index contributed by atoms with van der Waals surface area (Å²) in [5, 5.41) is 0.00435. The highest BCUT2D eigenvalue weighted by Gasteiger charge is 2.13. The van der Waals surface area contributed by atoms with E-state index in [0.29, 0.717) is 4.47 Å². The summed E-state index contributed by atoms with van der Waals surface area (Å²) >= 11 is 8.73. The first-order valence-electron chi connectivity index (χ1n) is 4.23. The third kappa shape index (κ3) is 3.18. The van der Waals surface area contributed by atoms with Gasteiger partial charge in [0.05, 0.1) is 9.50 Å². The van der Waals surface area contributed by atoms with Gasteiger partial charge in [-0.25, -0.2) is 4.39 Å². The lowest BCUT2D eigenvalue weighted by molar-refractivity contribution is -0.122. The summed E-state index contributed by atoms with van der Waals surface area (Å²) in [7, 11) is 0. The van der Waals surface area contributed by atoms with E-state index in [1.807, 2.05) is 0 Å². The quantitative estimate of drug-likeness (QED) is 0.797. The maximum absolute atomic E-state index is 13.1. The molecule has 1 aromatic carbocycles. The molecule has 0 aromatic heterocycles. The molecule has 0 aliphatic heterocycles. The standard InChI is InChI=1S/C10H9BrClFO2/c1-5(14)6(2)15-10-4-9(13)8(12)3-7(10)11/h3-4,6H,1-2H3. The Labute approximate surface area is 101 Å². The molecule has 1 atom stereocenters. The van der Waals surface area contributed by atoms with Crippen molar-refractivity contribution in [1.82, 2.24) is 0 Å². The summed E-state index contributed by atoms with van der Waals surface area (Å²) in [4.78, 5) is 11.0. The molecule has 15 heavy (non-hydrogen) atoms. The van der Waals surface area contributed by atoms with Crippen molar-refractivity contribution in [2.45, 2.75) is 20.0 Å². The molecular weight excluding hydrogens is 286 g/mol. The molecule has 0 aliphatic rings. The average molecular weight is 296 g/mol. The van der Waals surface area contributed by atoms with Gasteiger partial charge in [-0.1, -0.05) is 11.6 Å². The largest absolute Gasteiger partial charge is 0.482 e. The number of rotatable bonds is 3. The van der Waals surface area contributed by atoms with Crippen molar-refractivity contribution >= 4 is 33.3 Å². The molecule has 0 saturated carbocycles. The van der Waals surface area contributed by atoms with E-state index in [2.05, 4.69) is 15.9 Å². The Morgan fingerprint density at radius 1 is 1.60 bits per heavy atom. The lowest BCUT2D eigenvalue weighted by Crippen LogP contribution is -2.20. The fourth-order valence-corrected chi connectivity index (χ4v) is 1.60. The van der Waals surface area contributed by atoms with Gasteiger partial charge in [0.15, 0.2) is 11.9 Å². The van der Waals surface area contributed by atoms with Crippen LogP contribution >= 0.6 is 27.5 Å². The Balaban J connectivity index is 2.95. The molecule has 2 nitrogen and oxygen atoms in total. The van der Waals surface area contributed by atoms with E-state index in [1.54, 1.807) is 6.92 Å². The Morgan fingerprint density at radius 2 is 2.20 bits per heavy atom. The zero-order chi connectivity index (χ0) is 11.6. The van der Waals surface area contributed by atoms with E-state index in [9.17, 15) is 9.18 Å². The zero-order valence-corrected chi connectivity index (χ0v) is 10.5. The summed E-state index contributed by atoms with van der Waals surface area (Å²) in [5.41, 5.74) is 0. The van der Waals surface area contributed by atoms with Gasteiger partial charge >= 0.3 is 0 Å². The van der Waals surface area contributed by atoms with Crippen molar-refractivity contribution in [2.24, 2.45) is 0 Å². The smallest absolute Gasteiger partial charge is 0.169 e. The van der Waals surface area contributed by atoms with E-state index in [1.165, 1.54) is 13.0 Å². The summed E-state index contributed by atoms with van der Waals surface area (Å²) in [6.45, 7) is 3.01. The van der Waals surface area contributed by atoms with Crippen LogP contribution in [0.2, 0.25) is 5.02 Å². The maximum atomic E-state index is 13.1. The second kappa shape index (κ2) is 4.94. The predicted molar refractivity (Wildman–Crippen MR) is 59.9 cm³/mol. The molecule has 0 fully saturated rings. The van der Waals surface area contributed by atoms with E-state index < -0.39 is 11.9 Å². The highest BCUT2D eigenvalue weighted by atomic mass is 79.9. The average Bonchev–Trinajstić information content (AvgIpc) is 2.13. The van der Waals surface area contributed by atoms with Crippen molar-refractivity contribution in [1.29, 1.82) is 0 Å². The van der Waals surface area contributed by atoms with Gasteiger partial charge in [0.2, 0.25) is 0 Å². The molecular formula is C10H9BrClFO2. The Hall–Kier alpha value is -0.610. The third-order valence-electron chi connectivity index (χ3n) is 1.85. The van der Waals surface area contributed by atoms with Gasteiger partial charge in [-0.2, -0.15) is 0 Å². The number of hydrogen-bond acceptors (Lipinski definition) is 2. The van der Waals surface area contributed by atoms with Gasteiger partial charge in [-0.15, -0.1) is 0 Å². The molecule has 82 valence electrons. The molecule has 0 saturated heterocycles. The number of hydrogen-bond donors (Lipinski definition) is 0. The molecule has 0 aliphatic carbocycles. The molecule has 1 aromatic rings. The first kappa shape index (κ1) is 12.5. The van der Waals surface area contributed by atoms with Crippen molar-refractivity contribution < 1.29 is 13.9 Å². The van der Waals surface area contributed by atoms with Crippen LogP contribution in [0.15, 0.2) is 16.6 Å². The van der Waals surface area contributed by atoms with Crippen molar-refractivity contribution in [3.05, 3.63) is 27.4 Å². The number of halogens is 3. The highest BCUT2D eigenvalue weighted by molar-refractivity contribution is 9.10. The van der Waals surface area contributed by atoms with Crippen LogP contribution in [0.1, 0.15) is 13.8 Å². The van der Waals surface area contributed by atoms with Crippen LogP contribution in [0.25, 0.3) is 0 Å². The lowest BCUT2D eigenvalue weighted by Gasteiger charge is -2.13. The summed E-state index contributed by atoms with van der Waals surface area (Å²) in [6.07, 6.45) is -0.609. The Kier molecular flexibility index (Phi) is 4.11. The summed E-state index contributed by atoms with van der Waals surface area (Å²) < 4.78 is 18.9. The van der Waals surface area contributed by atoms with Crippen molar-refractivity contribution in [2.75, 3.05) is 0 Å². The van der Waals surface area contributed by atoms with E-state index >= 15 is 0 Å². The molecule has 0 radical (unpaired) electrons. The van der Waals surface area contributed by atoms with E-state index in [4.69, 9.17) is 16.3 Å². The third-order valence-corrected chi connectivity index (χ3v) is 2.76. The number of ketones is 1. The monoisotopic (exact) mass is 294 g/mol.